The Morgan fingerprint density at radius 2 is 1.89 bits per heavy atom. The normalized spacial score (nSPS) is 13.6. The molecule has 3 N–H and O–H groups in total. The summed E-state index contributed by atoms with van der Waals surface area (Å²) >= 11 is 3.48. The summed E-state index contributed by atoms with van der Waals surface area (Å²) < 4.78 is 0.996. The number of nitrogens with two attached hydrogens (primary N) is 1. The maximum absolute atomic E-state index is 11.9. The van der Waals surface area contributed by atoms with E-state index < -0.39 is 6.04 Å². The molecule has 1 unspecified atom stereocenters. The number of nitrogens with one attached hydrogen (secondary N) is 1. The zero-order valence-electron chi connectivity index (χ0n) is 11.5. The molecule has 0 saturated heterocycles. The van der Waals surface area contributed by atoms with Gasteiger partial charge in [-0.15, -0.1) is 12.4 Å². The molecule has 1 aromatic rings. The molecule has 0 aliphatic carbocycles. The molecule has 1 rings (SSSR count). The van der Waals surface area contributed by atoms with Gasteiger partial charge in [-0.1, -0.05) is 48.0 Å². The van der Waals surface area contributed by atoms with Crippen LogP contribution in [0.3, 0.4) is 0 Å². The zero-order chi connectivity index (χ0) is 13.7. The van der Waals surface area contributed by atoms with Gasteiger partial charge < -0.3 is 11.1 Å². The second-order valence-electron chi connectivity index (χ2n) is 4.99. The predicted octanol–water partition coefficient (Wildman–Crippen LogP) is 3.42. The first-order valence-electron chi connectivity index (χ1n) is 6.22. The molecule has 1 amide bonds. The Labute approximate surface area is 129 Å². The van der Waals surface area contributed by atoms with E-state index in [9.17, 15) is 4.79 Å². The highest BCUT2D eigenvalue weighted by Gasteiger charge is 2.18. The summed E-state index contributed by atoms with van der Waals surface area (Å²) in [5.41, 5.74) is 6.92. The third-order valence-corrected chi connectivity index (χ3v) is 3.51. The highest BCUT2D eigenvalue weighted by Crippen LogP contribution is 2.22. The van der Waals surface area contributed by atoms with Gasteiger partial charge in [0.2, 0.25) is 5.91 Å². The average Bonchev–Trinajstić information content (AvgIpc) is 2.28. The van der Waals surface area contributed by atoms with Gasteiger partial charge in [-0.2, -0.15) is 0 Å². The SMILES string of the molecule is CC(C)C[C@H](N)C(=O)NC(C)c1ccccc1Br.Cl. The molecular weight excluding hydrogens is 328 g/mol. The van der Waals surface area contributed by atoms with Crippen molar-refractivity contribution < 1.29 is 4.79 Å². The zero-order valence-corrected chi connectivity index (χ0v) is 13.9. The molecule has 0 heterocycles. The fraction of sp³-hybridized carbons (Fsp3) is 0.500. The van der Waals surface area contributed by atoms with Gasteiger partial charge in [0.05, 0.1) is 12.1 Å². The third-order valence-electron chi connectivity index (χ3n) is 2.79. The van der Waals surface area contributed by atoms with Crippen molar-refractivity contribution in [3.05, 3.63) is 34.3 Å². The van der Waals surface area contributed by atoms with Crippen LogP contribution in [0.4, 0.5) is 0 Å². The Kier molecular flexibility index (Phi) is 8.30. The van der Waals surface area contributed by atoms with Crippen molar-refractivity contribution in [1.29, 1.82) is 0 Å². The number of halogens is 2. The second-order valence-corrected chi connectivity index (χ2v) is 5.84. The monoisotopic (exact) mass is 348 g/mol. The van der Waals surface area contributed by atoms with Crippen LogP contribution in [0, 0.1) is 5.92 Å². The van der Waals surface area contributed by atoms with Gasteiger partial charge in [-0.25, -0.2) is 0 Å². The lowest BCUT2D eigenvalue weighted by Gasteiger charge is -2.19. The molecular formula is C14H22BrClN2O. The van der Waals surface area contributed by atoms with Crippen LogP contribution >= 0.6 is 28.3 Å². The van der Waals surface area contributed by atoms with E-state index in [1.807, 2.05) is 31.2 Å². The quantitative estimate of drug-likeness (QED) is 0.855. The largest absolute Gasteiger partial charge is 0.348 e. The molecule has 5 heteroatoms. The van der Waals surface area contributed by atoms with Crippen molar-refractivity contribution in [1.82, 2.24) is 5.32 Å². The van der Waals surface area contributed by atoms with Crippen LogP contribution in [0.15, 0.2) is 28.7 Å². The number of rotatable bonds is 5. The van der Waals surface area contributed by atoms with Gasteiger partial charge in [0, 0.05) is 4.47 Å². The Morgan fingerprint density at radius 3 is 2.42 bits per heavy atom. The minimum atomic E-state index is -0.435. The average molecular weight is 350 g/mol. The van der Waals surface area contributed by atoms with Crippen molar-refractivity contribution in [3.63, 3.8) is 0 Å². The molecule has 0 bridgehead atoms. The molecule has 0 aliphatic rings. The molecule has 0 aromatic heterocycles. The fourth-order valence-corrected chi connectivity index (χ4v) is 2.47. The minimum Gasteiger partial charge on any atom is -0.348 e. The first-order chi connectivity index (χ1) is 8.41. The van der Waals surface area contributed by atoms with Crippen LogP contribution in [0.5, 0.6) is 0 Å². The summed E-state index contributed by atoms with van der Waals surface area (Å²) in [6.07, 6.45) is 0.703. The van der Waals surface area contributed by atoms with Crippen molar-refractivity contribution >= 4 is 34.2 Å². The van der Waals surface area contributed by atoms with Crippen LogP contribution in [0.1, 0.15) is 38.8 Å². The summed E-state index contributed by atoms with van der Waals surface area (Å²) in [6.45, 7) is 6.08. The summed E-state index contributed by atoms with van der Waals surface area (Å²) in [5.74, 6) is 0.330. The Balaban J connectivity index is 0.00000324. The van der Waals surface area contributed by atoms with Crippen LogP contribution in [-0.4, -0.2) is 11.9 Å². The van der Waals surface area contributed by atoms with Gasteiger partial charge in [0.15, 0.2) is 0 Å². The first kappa shape index (κ1) is 18.4. The van der Waals surface area contributed by atoms with Gasteiger partial charge >= 0.3 is 0 Å². The topological polar surface area (TPSA) is 55.1 Å². The summed E-state index contributed by atoms with van der Waals surface area (Å²) in [7, 11) is 0. The summed E-state index contributed by atoms with van der Waals surface area (Å²) in [6, 6.07) is 7.37. The van der Waals surface area contributed by atoms with Gasteiger partial charge in [0.25, 0.3) is 0 Å². The molecule has 0 fully saturated rings. The lowest BCUT2D eigenvalue weighted by atomic mass is 10.0. The Bertz CT molecular complexity index is 412. The van der Waals surface area contributed by atoms with Crippen molar-refractivity contribution in [2.45, 2.75) is 39.3 Å². The van der Waals surface area contributed by atoms with Crippen molar-refractivity contribution in [3.8, 4) is 0 Å². The molecule has 0 spiro atoms. The maximum atomic E-state index is 11.9. The summed E-state index contributed by atoms with van der Waals surface area (Å²) in [5, 5.41) is 2.95. The molecule has 3 nitrogen and oxygen atoms in total. The Morgan fingerprint density at radius 1 is 1.32 bits per heavy atom. The van der Waals surface area contributed by atoms with E-state index in [1.54, 1.807) is 0 Å². The lowest BCUT2D eigenvalue weighted by molar-refractivity contribution is -0.123. The number of carbonyl (C=O) groups is 1. The number of benzene rings is 1. The minimum absolute atomic E-state index is 0. The fourth-order valence-electron chi connectivity index (χ4n) is 1.84. The van der Waals surface area contributed by atoms with E-state index in [4.69, 9.17) is 5.73 Å². The standard InChI is InChI=1S/C14H21BrN2O.ClH/c1-9(2)8-13(16)14(18)17-10(3)11-6-4-5-7-12(11)15;/h4-7,9-10,13H,8,16H2,1-3H3,(H,17,18);1H/t10?,13-;/m0./s1. The van der Waals surface area contributed by atoms with Crippen LogP contribution in [0.25, 0.3) is 0 Å². The number of hydrogen-bond donors (Lipinski definition) is 2. The first-order valence-corrected chi connectivity index (χ1v) is 7.01. The van der Waals surface area contributed by atoms with Gasteiger partial charge in [-0.3, -0.25) is 4.79 Å². The molecule has 0 saturated carbocycles. The molecule has 108 valence electrons. The molecule has 1 aromatic carbocycles. The van der Waals surface area contributed by atoms with E-state index in [-0.39, 0.29) is 24.4 Å². The molecule has 2 atom stereocenters. The number of carbonyl (C=O) groups excluding carboxylic acids is 1. The van der Waals surface area contributed by atoms with Gasteiger partial charge in [-0.05, 0) is 30.9 Å². The second kappa shape index (κ2) is 8.56. The smallest absolute Gasteiger partial charge is 0.237 e. The van der Waals surface area contributed by atoms with Crippen molar-refractivity contribution in [2.24, 2.45) is 11.7 Å². The van der Waals surface area contributed by atoms with Gasteiger partial charge in [0.1, 0.15) is 0 Å². The van der Waals surface area contributed by atoms with Crippen LogP contribution < -0.4 is 11.1 Å². The lowest BCUT2D eigenvalue weighted by Crippen LogP contribution is -2.42. The molecule has 19 heavy (non-hydrogen) atoms. The Hall–Kier alpha value is -0.580. The highest BCUT2D eigenvalue weighted by molar-refractivity contribution is 9.10. The summed E-state index contributed by atoms with van der Waals surface area (Å²) in [4.78, 5) is 11.9. The highest BCUT2D eigenvalue weighted by atomic mass is 79.9. The predicted molar refractivity (Wildman–Crippen MR) is 85.4 cm³/mol. The van der Waals surface area contributed by atoms with Crippen LogP contribution in [-0.2, 0) is 4.79 Å². The van der Waals surface area contributed by atoms with Crippen LogP contribution in [0.2, 0.25) is 0 Å². The molecule has 0 aliphatic heterocycles. The number of amides is 1. The maximum Gasteiger partial charge on any atom is 0.237 e. The van der Waals surface area contributed by atoms with E-state index in [0.717, 1.165) is 10.0 Å². The molecule has 0 radical (unpaired) electrons. The van der Waals surface area contributed by atoms with E-state index >= 15 is 0 Å². The third kappa shape index (κ3) is 5.93. The number of hydrogen-bond acceptors (Lipinski definition) is 2. The van der Waals surface area contributed by atoms with E-state index in [0.29, 0.717) is 12.3 Å². The van der Waals surface area contributed by atoms with E-state index in [1.165, 1.54) is 0 Å². The van der Waals surface area contributed by atoms with E-state index in [2.05, 4.69) is 35.1 Å². The van der Waals surface area contributed by atoms with Crippen molar-refractivity contribution in [2.75, 3.05) is 0 Å².